The van der Waals surface area contributed by atoms with Gasteiger partial charge >= 0.3 is 5.97 Å². The minimum Gasteiger partial charge on any atom is -0.461 e. The third-order valence-electron chi connectivity index (χ3n) is 12.0. The summed E-state index contributed by atoms with van der Waals surface area (Å²) in [5.41, 5.74) is 3.06. The molecule has 0 aromatic carbocycles. The summed E-state index contributed by atoms with van der Waals surface area (Å²) in [6.07, 6.45) is 18.1. The van der Waals surface area contributed by atoms with E-state index >= 15 is 0 Å². The molecular weight excluding hydrogens is 566 g/mol. The average molecular weight is 624 g/mol. The maximum atomic E-state index is 13.0. The Bertz CT molecular complexity index is 1260. The smallest absolute Gasteiger partial charge is 0.311 e. The fourth-order valence-electron chi connectivity index (χ4n) is 8.89. The number of oxazole rings is 1. The summed E-state index contributed by atoms with van der Waals surface area (Å²) in [4.78, 5) is 17.7. The van der Waals surface area contributed by atoms with Gasteiger partial charge in [-0.05, 0) is 112 Å². The summed E-state index contributed by atoms with van der Waals surface area (Å²) in [6.45, 7) is 12.6. The second kappa shape index (κ2) is 14.3. The zero-order valence-corrected chi connectivity index (χ0v) is 28.1. The van der Waals surface area contributed by atoms with E-state index in [9.17, 15) is 20.1 Å². The van der Waals surface area contributed by atoms with Crippen LogP contribution in [0.2, 0.25) is 0 Å². The second-order valence-corrected chi connectivity index (χ2v) is 15.1. The lowest BCUT2D eigenvalue weighted by Gasteiger charge is -2.44. The molecule has 3 N–H and O–H groups in total. The van der Waals surface area contributed by atoms with Crippen molar-refractivity contribution < 1.29 is 29.3 Å². The number of rotatable bonds is 13. The van der Waals surface area contributed by atoms with E-state index in [0.717, 1.165) is 68.3 Å². The normalized spacial score (nSPS) is 33.2. The van der Waals surface area contributed by atoms with Gasteiger partial charge in [-0.15, -0.1) is 0 Å². The van der Waals surface area contributed by atoms with Crippen molar-refractivity contribution in [2.75, 3.05) is 6.61 Å². The Balaban J connectivity index is 1.29. The van der Waals surface area contributed by atoms with Crippen LogP contribution in [-0.2, 0) is 21.4 Å². The molecule has 0 saturated heterocycles. The molecule has 0 spiro atoms. The molecule has 4 saturated carbocycles. The van der Waals surface area contributed by atoms with Crippen LogP contribution in [0.15, 0.2) is 46.1 Å². The molecule has 45 heavy (non-hydrogen) atoms. The van der Waals surface area contributed by atoms with Crippen LogP contribution in [0.5, 0.6) is 0 Å². The van der Waals surface area contributed by atoms with Gasteiger partial charge in [-0.1, -0.05) is 51.5 Å². The molecule has 1 heterocycles. The number of hydrogen-bond donors (Lipinski definition) is 3. The topological polar surface area (TPSA) is 113 Å². The zero-order chi connectivity index (χ0) is 32.4. The van der Waals surface area contributed by atoms with Crippen LogP contribution in [0.4, 0.5) is 0 Å². The highest BCUT2D eigenvalue weighted by Crippen LogP contribution is 2.60. The summed E-state index contributed by atoms with van der Waals surface area (Å²) < 4.78 is 12.4. The van der Waals surface area contributed by atoms with Gasteiger partial charge in [-0.2, -0.15) is 0 Å². The van der Waals surface area contributed by atoms with Gasteiger partial charge < -0.3 is 24.5 Å². The third kappa shape index (κ3) is 7.21. The van der Waals surface area contributed by atoms with E-state index in [4.69, 9.17) is 9.15 Å². The van der Waals surface area contributed by atoms with E-state index in [1.807, 2.05) is 6.20 Å². The molecule has 0 radical (unpaired) electrons. The van der Waals surface area contributed by atoms with Crippen LogP contribution in [0.25, 0.3) is 0 Å². The van der Waals surface area contributed by atoms with E-state index in [1.165, 1.54) is 31.3 Å². The lowest BCUT2D eigenvalue weighted by molar-refractivity contribution is -0.157. The molecule has 4 aliphatic rings. The number of allylic oxidation sites excluding steroid dienone is 3. The number of carbonyl (C=O) groups excluding carboxylic acids is 1. The zero-order valence-electron chi connectivity index (χ0n) is 28.1. The highest BCUT2D eigenvalue weighted by Gasteiger charge is 2.57. The Kier molecular flexibility index (Phi) is 10.8. The molecule has 250 valence electrons. The minimum absolute atomic E-state index is 0.218. The lowest BCUT2D eigenvalue weighted by atomic mass is 9.60. The number of aliphatic hydroxyl groups is 3. The first-order valence-corrected chi connectivity index (χ1v) is 17.7. The van der Waals surface area contributed by atoms with Crippen LogP contribution in [0, 0.1) is 29.1 Å². The summed E-state index contributed by atoms with van der Waals surface area (Å²) in [6, 6.07) is 0. The summed E-state index contributed by atoms with van der Waals surface area (Å²) in [7, 11) is 0. The van der Waals surface area contributed by atoms with Crippen molar-refractivity contribution in [2.45, 2.75) is 141 Å². The Morgan fingerprint density at radius 3 is 2.69 bits per heavy atom. The first-order chi connectivity index (χ1) is 21.5. The first kappa shape index (κ1) is 34.1. The highest BCUT2D eigenvalue weighted by atomic mass is 16.5. The standard InChI is InChI=1S/C38H57NO6/c1-6-7-10-30-22-39-36(44-30)38(18-19-38)34(45-35(43)25(3)23-40)16-11-24(2)31-14-15-32-27(9-8-17-37(31,32)5)12-13-28-20-29(41)21-33(42)26(28)4/h12-13,22,24-25,29,31-34,40-42H,4,6-11,14-21,23H2,1-3,5H3/b27-12+,28-13-/t24-,25?,29-,31-,32+,33+,34-,37-/m1/s1. The molecule has 7 heteroatoms. The third-order valence-corrected chi connectivity index (χ3v) is 12.0. The molecule has 1 unspecified atom stereocenters. The van der Waals surface area contributed by atoms with Gasteiger partial charge in [0, 0.05) is 12.8 Å². The highest BCUT2D eigenvalue weighted by molar-refractivity contribution is 5.72. The number of aromatic nitrogens is 1. The molecular formula is C38H57NO6. The van der Waals surface area contributed by atoms with Crippen LogP contribution >= 0.6 is 0 Å². The van der Waals surface area contributed by atoms with Crippen molar-refractivity contribution in [1.29, 1.82) is 0 Å². The number of unbranched alkanes of at least 4 members (excludes halogenated alkanes) is 1. The Morgan fingerprint density at radius 2 is 1.98 bits per heavy atom. The summed E-state index contributed by atoms with van der Waals surface area (Å²) in [5.74, 6) is 2.30. The number of esters is 1. The lowest BCUT2D eigenvalue weighted by Crippen LogP contribution is -2.37. The maximum Gasteiger partial charge on any atom is 0.311 e. The van der Waals surface area contributed by atoms with Crippen molar-refractivity contribution in [3.05, 3.63) is 53.3 Å². The fourth-order valence-corrected chi connectivity index (χ4v) is 8.89. The van der Waals surface area contributed by atoms with E-state index in [2.05, 4.69) is 44.5 Å². The predicted molar refractivity (Wildman–Crippen MR) is 175 cm³/mol. The van der Waals surface area contributed by atoms with E-state index in [-0.39, 0.29) is 29.5 Å². The fraction of sp³-hybridized carbons (Fsp3) is 0.737. The van der Waals surface area contributed by atoms with Gasteiger partial charge in [0.1, 0.15) is 11.9 Å². The summed E-state index contributed by atoms with van der Waals surface area (Å²) in [5, 5.41) is 30.2. The van der Waals surface area contributed by atoms with Crippen molar-refractivity contribution in [2.24, 2.45) is 29.1 Å². The Hall–Kier alpha value is -2.22. The van der Waals surface area contributed by atoms with E-state index < -0.39 is 18.1 Å². The van der Waals surface area contributed by atoms with E-state index in [1.54, 1.807) is 6.92 Å². The SMILES string of the molecule is C=C1/C(=C\C=C2/CCC[C@]3(C)[C@@H]([C@H](C)CC[C@@H](OC(=O)C(C)CO)C4(c5ncc(CCCC)o5)CC4)CC[C@@H]23)C[C@@H](O)C[C@@H]1O. The largest absolute Gasteiger partial charge is 0.461 e. The number of fused-ring (bicyclic) bond motifs is 1. The van der Waals surface area contributed by atoms with Crippen LogP contribution in [0.3, 0.4) is 0 Å². The number of ether oxygens (including phenoxy) is 1. The van der Waals surface area contributed by atoms with Gasteiger partial charge in [-0.3, -0.25) is 4.79 Å². The number of aliphatic hydroxyl groups excluding tert-OH is 3. The minimum atomic E-state index is -0.664. The summed E-state index contributed by atoms with van der Waals surface area (Å²) >= 11 is 0. The van der Waals surface area contributed by atoms with Crippen molar-refractivity contribution >= 4 is 5.97 Å². The number of aryl methyl sites for hydroxylation is 1. The molecule has 1 aromatic rings. The monoisotopic (exact) mass is 623 g/mol. The Labute approximate surface area is 270 Å². The van der Waals surface area contributed by atoms with Crippen LogP contribution < -0.4 is 0 Å². The Morgan fingerprint density at radius 1 is 1.20 bits per heavy atom. The molecule has 4 fully saturated rings. The molecule has 0 bridgehead atoms. The van der Waals surface area contributed by atoms with Gasteiger partial charge in [0.25, 0.3) is 0 Å². The molecule has 0 aliphatic heterocycles. The van der Waals surface area contributed by atoms with Gasteiger partial charge in [0.05, 0.1) is 36.3 Å². The molecule has 1 aromatic heterocycles. The van der Waals surface area contributed by atoms with Crippen LogP contribution in [-0.4, -0.2) is 51.2 Å². The van der Waals surface area contributed by atoms with Gasteiger partial charge in [-0.25, -0.2) is 4.98 Å². The average Bonchev–Trinajstić information content (AvgIpc) is 3.53. The van der Waals surface area contributed by atoms with Crippen molar-refractivity contribution in [1.82, 2.24) is 4.98 Å². The van der Waals surface area contributed by atoms with Gasteiger partial charge in [0.2, 0.25) is 5.89 Å². The molecule has 5 rings (SSSR count). The molecule has 7 nitrogen and oxygen atoms in total. The maximum absolute atomic E-state index is 13.0. The quantitative estimate of drug-likeness (QED) is 0.200. The molecule has 0 amide bonds. The number of carbonyl (C=O) groups is 1. The van der Waals surface area contributed by atoms with Crippen molar-refractivity contribution in [3.63, 3.8) is 0 Å². The molecule has 8 atom stereocenters. The van der Waals surface area contributed by atoms with Crippen LogP contribution in [0.1, 0.15) is 123 Å². The molecule has 4 aliphatic carbocycles. The predicted octanol–water partition coefficient (Wildman–Crippen LogP) is 7.15. The van der Waals surface area contributed by atoms with Gasteiger partial charge in [0.15, 0.2) is 0 Å². The van der Waals surface area contributed by atoms with Crippen molar-refractivity contribution in [3.8, 4) is 0 Å². The number of nitrogens with zero attached hydrogens (tertiary/aromatic N) is 1. The van der Waals surface area contributed by atoms with E-state index in [0.29, 0.717) is 36.5 Å². The number of hydrogen-bond acceptors (Lipinski definition) is 7. The first-order valence-electron chi connectivity index (χ1n) is 17.7. The second-order valence-electron chi connectivity index (χ2n) is 15.1.